The highest BCUT2D eigenvalue weighted by atomic mass is 32.1. The van der Waals surface area contributed by atoms with E-state index in [4.69, 9.17) is 24.5 Å². The Balaban J connectivity index is 0.000000479. The Labute approximate surface area is 273 Å². The van der Waals surface area contributed by atoms with Gasteiger partial charge in [0.15, 0.2) is 5.75 Å². The molecule has 0 aliphatic carbocycles. The number of aryl methyl sites for hydroxylation is 1. The summed E-state index contributed by atoms with van der Waals surface area (Å²) in [4.78, 5) is 53.3. The van der Waals surface area contributed by atoms with Crippen LogP contribution in [-0.4, -0.2) is 93.0 Å². The van der Waals surface area contributed by atoms with Crippen LogP contribution in [0.4, 0.5) is 26.3 Å². The van der Waals surface area contributed by atoms with E-state index in [0.717, 1.165) is 40.8 Å². The minimum Gasteiger partial charge on any atom is -0.486 e. The minimum absolute atomic E-state index is 0.135. The summed E-state index contributed by atoms with van der Waals surface area (Å²) in [7, 11) is 3.56. The van der Waals surface area contributed by atoms with Gasteiger partial charge < -0.3 is 29.3 Å². The highest BCUT2D eigenvalue weighted by Gasteiger charge is 2.39. The summed E-state index contributed by atoms with van der Waals surface area (Å²) in [6, 6.07) is 11.5. The second kappa shape index (κ2) is 16.9. The molecule has 3 aromatic heterocycles. The number of amides is 1. The highest BCUT2D eigenvalue weighted by molar-refractivity contribution is 7.22. The highest BCUT2D eigenvalue weighted by Crippen LogP contribution is 2.40. The number of rotatable bonds is 9. The number of carboxylic acids is 2. The van der Waals surface area contributed by atoms with Crippen LogP contribution in [0, 0.1) is 0 Å². The number of likely N-dealkylation sites (N-methyl/N-ethyl adjacent to an activating group) is 2. The van der Waals surface area contributed by atoms with Crippen LogP contribution in [0.25, 0.3) is 21.0 Å². The van der Waals surface area contributed by atoms with Gasteiger partial charge in [0.25, 0.3) is 11.5 Å². The monoisotopic (exact) mass is 706 g/mol. The van der Waals surface area contributed by atoms with Gasteiger partial charge in [-0.3, -0.25) is 14.6 Å². The smallest absolute Gasteiger partial charge is 0.486 e. The van der Waals surface area contributed by atoms with E-state index < -0.39 is 24.3 Å². The number of aliphatic carboxylic acids is 2. The summed E-state index contributed by atoms with van der Waals surface area (Å²) in [5, 5.41) is 15.6. The fourth-order valence-electron chi connectivity index (χ4n) is 4.05. The number of thiophene rings is 1. The molecule has 18 heteroatoms. The van der Waals surface area contributed by atoms with E-state index in [1.54, 1.807) is 36.0 Å². The van der Waals surface area contributed by atoms with Crippen LogP contribution < -0.4 is 10.3 Å². The molecule has 4 aromatic rings. The number of para-hydroxylation sites is 1. The molecule has 0 radical (unpaired) electrons. The van der Waals surface area contributed by atoms with Crippen molar-refractivity contribution in [1.29, 1.82) is 0 Å². The largest absolute Gasteiger partial charge is 0.490 e. The topological polar surface area (TPSA) is 142 Å². The number of ether oxygens (including phenoxy) is 1. The van der Waals surface area contributed by atoms with Gasteiger partial charge in [-0.25, -0.2) is 9.59 Å². The summed E-state index contributed by atoms with van der Waals surface area (Å²) < 4.78 is 72.1. The molecule has 0 aliphatic heterocycles. The zero-order chi connectivity index (χ0) is 36.4. The Hall–Kier alpha value is -4.71. The van der Waals surface area contributed by atoms with Crippen molar-refractivity contribution >= 4 is 50.2 Å². The molecule has 3 heterocycles. The molecule has 0 saturated carbocycles. The molecule has 0 fully saturated rings. The number of nitrogens with zero attached hydrogens (tertiary/aromatic N) is 4. The van der Waals surface area contributed by atoms with Crippen LogP contribution in [0.3, 0.4) is 0 Å². The SMILES string of the molecule is CCN(CC)CCN(C)C(=O)c1sc2c(c1OCc1ccncc1)c(=O)n(C)c1ccccc21.O=C(O)C(F)(F)F.O=C(O)C(F)(F)F. The van der Waals surface area contributed by atoms with Crippen LogP contribution in [0.15, 0.2) is 53.6 Å². The van der Waals surface area contributed by atoms with Gasteiger partial charge in [0.05, 0.1) is 10.2 Å². The van der Waals surface area contributed by atoms with Crippen LogP contribution >= 0.6 is 11.3 Å². The Morgan fingerprint density at radius 2 is 1.44 bits per heavy atom. The lowest BCUT2D eigenvalue weighted by Gasteiger charge is -2.23. The molecule has 262 valence electrons. The maximum Gasteiger partial charge on any atom is 0.490 e. The van der Waals surface area contributed by atoms with Crippen molar-refractivity contribution in [2.75, 3.05) is 33.2 Å². The number of carbonyl (C=O) groups excluding carboxylic acids is 1. The lowest BCUT2D eigenvalue weighted by Crippen LogP contribution is -2.36. The lowest BCUT2D eigenvalue weighted by molar-refractivity contribution is -0.193. The number of alkyl halides is 6. The molecule has 0 atom stereocenters. The third-order valence-electron chi connectivity index (χ3n) is 6.70. The van der Waals surface area contributed by atoms with Gasteiger partial charge in [-0.15, -0.1) is 11.3 Å². The average molecular weight is 707 g/mol. The summed E-state index contributed by atoms with van der Waals surface area (Å²) >= 11 is 1.34. The molecule has 0 aliphatic rings. The van der Waals surface area contributed by atoms with Crippen LogP contribution in [0.1, 0.15) is 29.1 Å². The van der Waals surface area contributed by atoms with E-state index in [1.807, 2.05) is 36.4 Å². The zero-order valence-corrected chi connectivity index (χ0v) is 26.9. The van der Waals surface area contributed by atoms with E-state index in [1.165, 1.54) is 11.3 Å². The molecule has 1 amide bonds. The Morgan fingerprint density at radius 3 is 1.94 bits per heavy atom. The lowest BCUT2D eigenvalue weighted by atomic mass is 10.1. The molecule has 1 aromatic carbocycles. The second-order valence-electron chi connectivity index (χ2n) is 9.85. The fraction of sp³-hybridized carbons (Fsp3) is 0.367. The van der Waals surface area contributed by atoms with Gasteiger partial charge in [-0.05, 0) is 36.9 Å². The average Bonchev–Trinajstić information content (AvgIpc) is 3.42. The standard InChI is InChI=1S/C26H30N4O3S.2C2HF3O2/c1-5-30(6-2)16-15-28(3)26(32)24-22(33-17-18-11-13-27-14-12-18)21-23(34-24)19-9-7-8-10-20(19)29(4)25(21)31;2*3-2(4,5)1(6)7/h7-14H,5-6,15-17H2,1-4H3;2*(H,6,7). The van der Waals surface area contributed by atoms with Gasteiger partial charge in [0.2, 0.25) is 0 Å². The van der Waals surface area contributed by atoms with Crippen molar-refractivity contribution in [2.24, 2.45) is 7.05 Å². The first-order valence-electron chi connectivity index (χ1n) is 14.0. The Kier molecular flexibility index (Phi) is 13.9. The van der Waals surface area contributed by atoms with Gasteiger partial charge in [0.1, 0.15) is 16.9 Å². The first-order valence-corrected chi connectivity index (χ1v) is 14.8. The Bertz CT molecular complexity index is 1750. The third-order valence-corrected chi connectivity index (χ3v) is 7.89. The number of pyridine rings is 2. The molecule has 4 rings (SSSR count). The molecular weight excluding hydrogens is 674 g/mol. The molecule has 48 heavy (non-hydrogen) atoms. The number of hydrogen-bond acceptors (Lipinski definition) is 8. The first-order chi connectivity index (χ1) is 22.3. The van der Waals surface area contributed by atoms with Gasteiger partial charge in [-0.2, -0.15) is 26.3 Å². The number of carboxylic acid groups (broad SMARTS) is 2. The quantitative estimate of drug-likeness (QED) is 0.219. The maximum absolute atomic E-state index is 13.6. The number of aromatic nitrogens is 2. The van der Waals surface area contributed by atoms with E-state index in [2.05, 4.69) is 23.7 Å². The first kappa shape index (κ1) is 39.5. The molecular formula is C30H32F6N4O7S. The van der Waals surface area contributed by atoms with Crippen molar-refractivity contribution in [3.63, 3.8) is 0 Å². The number of carbonyl (C=O) groups is 3. The van der Waals surface area contributed by atoms with Gasteiger partial charge in [-0.1, -0.05) is 32.0 Å². The summed E-state index contributed by atoms with van der Waals surface area (Å²) in [5.74, 6) is -5.29. The Morgan fingerprint density at radius 1 is 0.917 bits per heavy atom. The molecule has 0 saturated heterocycles. The fourth-order valence-corrected chi connectivity index (χ4v) is 5.32. The summed E-state index contributed by atoms with van der Waals surface area (Å²) in [5.41, 5.74) is 1.58. The van der Waals surface area contributed by atoms with E-state index in [-0.39, 0.29) is 18.1 Å². The number of hydrogen-bond donors (Lipinski definition) is 2. The van der Waals surface area contributed by atoms with E-state index in [9.17, 15) is 35.9 Å². The van der Waals surface area contributed by atoms with Crippen molar-refractivity contribution in [3.8, 4) is 5.75 Å². The number of fused-ring (bicyclic) bond motifs is 3. The van der Waals surface area contributed by atoms with Crippen molar-refractivity contribution in [1.82, 2.24) is 19.4 Å². The second-order valence-corrected chi connectivity index (χ2v) is 10.9. The van der Waals surface area contributed by atoms with Crippen LogP contribution in [-0.2, 0) is 23.2 Å². The van der Waals surface area contributed by atoms with Crippen LogP contribution in [0.2, 0.25) is 0 Å². The van der Waals surface area contributed by atoms with Crippen molar-refractivity contribution in [3.05, 3.63) is 69.6 Å². The van der Waals surface area contributed by atoms with Crippen molar-refractivity contribution < 1.29 is 55.7 Å². The summed E-state index contributed by atoms with van der Waals surface area (Å²) in [6.45, 7) is 7.73. The van der Waals surface area contributed by atoms with Crippen molar-refractivity contribution in [2.45, 2.75) is 32.8 Å². The normalized spacial score (nSPS) is 11.4. The number of halogens is 6. The van der Waals surface area contributed by atoms with Crippen LogP contribution in [0.5, 0.6) is 5.75 Å². The molecule has 0 bridgehead atoms. The predicted octanol–water partition coefficient (Wildman–Crippen LogP) is 5.41. The minimum atomic E-state index is -5.08. The predicted molar refractivity (Wildman–Crippen MR) is 165 cm³/mol. The summed E-state index contributed by atoms with van der Waals surface area (Å²) in [6.07, 6.45) is -6.77. The van der Waals surface area contributed by atoms with Gasteiger partial charge in [0, 0.05) is 45.0 Å². The zero-order valence-electron chi connectivity index (χ0n) is 26.1. The molecule has 2 N–H and O–H groups in total. The van der Waals surface area contributed by atoms with E-state index >= 15 is 0 Å². The molecule has 0 spiro atoms. The molecule has 11 nitrogen and oxygen atoms in total. The maximum atomic E-state index is 13.6. The third kappa shape index (κ3) is 10.4. The van der Waals surface area contributed by atoms with Gasteiger partial charge >= 0.3 is 24.3 Å². The number of benzene rings is 1. The molecule has 0 unspecified atom stereocenters. The van der Waals surface area contributed by atoms with E-state index in [0.29, 0.717) is 22.6 Å².